The van der Waals surface area contributed by atoms with Crippen molar-refractivity contribution in [3.05, 3.63) is 33.8 Å². The van der Waals surface area contributed by atoms with Gasteiger partial charge in [0.2, 0.25) is 0 Å². The third-order valence-corrected chi connectivity index (χ3v) is 3.75. The summed E-state index contributed by atoms with van der Waals surface area (Å²) in [6, 6.07) is 6.17. The standard InChI is InChI=1S/C14H20BrN3O/c1-10-7-12(15)5-4-11(10)8-17-14(16)18-9-13-3-2-6-19-13/h4-5,7,13H,2-3,6,8-9H2,1H3,(H3,16,17,18). The lowest BCUT2D eigenvalue weighted by molar-refractivity contribution is 0.114. The number of hydrogen-bond donors (Lipinski definition) is 2. The molecule has 104 valence electrons. The maximum Gasteiger partial charge on any atom is 0.189 e. The first-order valence-corrected chi connectivity index (χ1v) is 7.35. The van der Waals surface area contributed by atoms with Crippen LogP contribution in [0.2, 0.25) is 0 Å². The lowest BCUT2D eigenvalue weighted by atomic mass is 10.1. The van der Waals surface area contributed by atoms with E-state index in [9.17, 15) is 0 Å². The number of hydrogen-bond acceptors (Lipinski definition) is 2. The SMILES string of the molecule is Cc1cc(Br)ccc1CN=C(N)NCC1CCCO1. The highest BCUT2D eigenvalue weighted by atomic mass is 79.9. The molecule has 0 aliphatic carbocycles. The van der Waals surface area contributed by atoms with Gasteiger partial charge in [0.05, 0.1) is 12.6 Å². The van der Waals surface area contributed by atoms with Crippen LogP contribution in [0.25, 0.3) is 0 Å². The van der Waals surface area contributed by atoms with Gasteiger partial charge in [-0.25, -0.2) is 4.99 Å². The molecular formula is C14H20BrN3O. The van der Waals surface area contributed by atoms with Gasteiger partial charge in [-0.3, -0.25) is 0 Å². The summed E-state index contributed by atoms with van der Waals surface area (Å²) in [5, 5.41) is 3.12. The molecule has 1 aromatic rings. The van der Waals surface area contributed by atoms with Gasteiger partial charge >= 0.3 is 0 Å². The number of guanidine groups is 1. The van der Waals surface area contributed by atoms with E-state index in [1.807, 2.05) is 6.07 Å². The summed E-state index contributed by atoms with van der Waals surface area (Å²) in [5.74, 6) is 0.484. The largest absolute Gasteiger partial charge is 0.376 e. The molecule has 1 aliphatic heterocycles. The molecular weight excluding hydrogens is 306 g/mol. The van der Waals surface area contributed by atoms with Crippen molar-refractivity contribution < 1.29 is 4.74 Å². The van der Waals surface area contributed by atoms with Gasteiger partial charge in [-0.15, -0.1) is 0 Å². The highest BCUT2D eigenvalue weighted by molar-refractivity contribution is 9.10. The minimum absolute atomic E-state index is 0.281. The van der Waals surface area contributed by atoms with Crippen LogP contribution in [0.5, 0.6) is 0 Å². The highest BCUT2D eigenvalue weighted by Crippen LogP contribution is 2.16. The number of nitrogens with one attached hydrogen (secondary N) is 1. The summed E-state index contributed by atoms with van der Waals surface area (Å²) >= 11 is 3.45. The van der Waals surface area contributed by atoms with Gasteiger partial charge in [0, 0.05) is 17.6 Å². The fraction of sp³-hybridized carbons (Fsp3) is 0.500. The smallest absolute Gasteiger partial charge is 0.189 e. The normalized spacial score (nSPS) is 19.7. The zero-order valence-electron chi connectivity index (χ0n) is 11.2. The van der Waals surface area contributed by atoms with E-state index in [1.54, 1.807) is 0 Å². The molecule has 1 heterocycles. The Kier molecular flexibility index (Phi) is 5.22. The number of nitrogens with zero attached hydrogens (tertiary/aromatic N) is 1. The molecule has 1 aromatic carbocycles. The van der Waals surface area contributed by atoms with Gasteiger partial charge < -0.3 is 15.8 Å². The molecule has 0 amide bonds. The van der Waals surface area contributed by atoms with Gasteiger partial charge in [0.15, 0.2) is 5.96 Å². The van der Waals surface area contributed by atoms with Crippen LogP contribution in [-0.4, -0.2) is 25.2 Å². The van der Waals surface area contributed by atoms with Crippen molar-refractivity contribution in [2.75, 3.05) is 13.2 Å². The first-order valence-electron chi connectivity index (χ1n) is 6.55. The average molecular weight is 326 g/mol. The quantitative estimate of drug-likeness (QED) is 0.659. The first-order chi connectivity index (χ1) is 9.15. The molecule has 5 heteroatoms. The summed E-state index contributed by atoms with van der Waals surface area (Å²) in [6.07, 6.45) is 2.52. The Bertz CT molecular complexity index is 456. The first kappa shape index (κ1) is 14.3. The van der Waals surface area contributed by atoms with E-state index in [2.05, 4.69) is 45.3 Å². The third kappa shape index (κ3) is 4.51. The molecule has 4 nitrogen and oxygen atoms in total. The zero-order chi connectivity index (χ0) is 13.7. The van der Waals surface area contributed by atoms with Crippen LogP contribution in [0, 0.1) is 6.92 Å². The molecule has 0 aromatic heterocycles. The second-order valence-corrected chi connectivity index (χ2v) is 5.70. The van der Waals surface area contributed by atoms with Crippen LogP contribution in [0.3, 0.4) is 0 Å². The highest BCUT2D eigenvalue weighted by Gasteiger charge is 2.14. The van der Waals surface area contributed by atoms with E-state index in [0.717, 1.165) is 30.5 Å². The number of benzene rings is 1. The second kappa shape index (κ2) is 6.91. The molecule has 1 aliphatic rings. The summed E-state index contributed by atoms with van der Waals surface area (Å²) in [6.45, 7) is 4.28. The minimum Gasteiger partial charge on any atom is -0.376 e. The van der Waals surface area contributed by atoms with Gasteiger partial charge in [-0.2, -0.15) is 0 Å². The second-order valence-electron chi connectivity index (χ2n) is 4.79. The number of aryl methyl sites for hydroxylation is 1. The Morgan fingerprint density at radius 1 is 1.58 bits per heavy atom. The number of nitrogens with two attached hydrogens (primary N) is 1. The minimum atomic E-state index is 0.281. The molecule has 2 rings (SSSR count). The Morgan fingerprint density at radius 3 is 3.11 bits per heavy atom. The number of halogens is 1. The summed E-state index contributed by atoms with van der Waals surface area (Å²) < 4.78 is 6.61. The molecule has 3 N–H and O–H groups in total. The predicted octanol–water partition coefficient (Wildman–Crippen LogP) is 2.34. The predicted molar refractivity (Wildman–Crippen MR) is 81.2 cm³/mol. The van der Waals surface area contributed by atoms with Crippen LogP contribution in [0.15, 0.2) is 27.7 Å². The summed E-state index contributed by atoms with van der Waals surface area (Å²) in [7, 11) is 0. The Hall–Kier alpha value is -1.07. The molecule has 1 atom stereocenters. The third-order valence-electron chi connectivity index (χ3n) is 3.26. The van der Waals surface area contributed by atoms with Gasteiger partial charge in [-0.1, -0.05) is 22.0 Å². The molecule has 0 saturated carbocycles. The van der Waals surface area contributed by atoms with Crippen molar-refractivity contribution in [1.29, 1.82) is 0 Å². The summed E-state index contributed by atoms with van der Waals surface area (Å²) in [4.78, 5) is 4.36. The van der Waals surface area contributed by atoms with E-state index >= 15 is 0 Å². The Balaban J connectivity index is 1.83. The Labute approximate surface area is 122 Å². The lowest BCUT2D eigenvalue weighted by Crippen LogP contribution is -2.37. The molecule has 0 radical (unpaired) electrons. The molecule has 0 spiro atoms. The van der Waals surface area contributed by atoms with Crippen LogP contribution in [0.4, 0.5) is 0 Å². The molecule has 0 bridgehead atoms. The Morgan fingerprint density at radius 2 is 2.42 bits per heavy atom. The van der Waals surface area contributed by atoms with Crippen molar-refractivity contribution in [2.24, 2.45) is 10.7 Å². The monoisotopic (exact) mass is 325 g/mol. The van der Waals surface area contributed by atoms with Gasteiger partial charge in [0.25, 0.3) is 0 Å². The van der Waals surface area contributed by atoms with Crippen LogP contribution >= 0.6 is 15.9 Å². The number of aliphatic imine (C=N–C) groups is 1. The van der Waals surface area contributed by atoms with Crippen LogP contribution in [-0.2, 0) is 11.3 Å². The van der Waals surface area contributed by atoms with Crippen molar-refractivity contribution in [3.63, 3.8) is 0 Å². The van der Waals surface area contributed by atoms with E-state index in [-0.39, 0.29) is 6.10 Å². The van der Waals surface area contributed by atoms with Gasteiger partial charge in [-0.05, 0) is 43.0 Å². The average Bonchev–Trinajstić information content (AvgIpc) is 2.88. The lowest BCUT2D eigenvalue weighted by Gasteiger charge is -2.11. The van der Waals surface area contributed by atoms with Crippen molar-refractivity contribution >= 4 is 21.9 Å². The maximum absolute atomic E-state index is 5.85. The fourth-order valence-corrected chi connectivity index (χ4v) is 2.56. The van der Waals surface area contributed by atoms with Crippen molar-refractivity contribution in [2.45, 2.75) is 32.4 Å². The van der Waals surface area contributed by atoms with E-state index < -0.39 is 0 Å². The van der Waals surface area contributed by atoms with Crippen LogP contribution < -0.4 is 11.1 Å². The van der Waals surface area contributed by atoms with E-state index in [0.29, 0.717) is 12.5 Å². The topological polar surface area (TPSA) is 59.6 Å². The fourth-order valence-electron chi connectivity index (χ4n) is 2.09. The molecule has 19 heavy (non-hydrogen) atoms. The summed E-state index contributed by atoms with van der Waals surface area (Å²) in [5.41, 5.74) is 8.25. The van der Waals surface area contributed by atoms with Crippen molar-refractivity contribution in [3.8, 4) is 0 Å². The molecule has 1 saturated heterocycles. The van der Waals surface area contributed by atoms with Gasteiger partial charge in [0.1, 0.15) is 0 Å². The maximum atomic E-state index is 5.85. The molecule has 1 fully saturated rings. The number of rotatable bonds is 4. The zero-order valence-corrected chi connectivity index (χ0v) is 12.7. The number of ether oxygens (including phenoxy) is 1. The molecule has 1 unspecified atom stereocenters. The van der Waals surface area contributed by atoms with E-state index in [4.69, 9.17) is 10.5 Å². The van der Waals surface area contributed by atoms with Crippen LogP contribution in [0.1, 0.15) is 24.0 Å². The van der Waals surface area contributed by atoms with E-state index in [1.165, 1.54) is 11.1 Å². The van der Waals surface area contributed by atoms with Crippen molar-refractivity contribution in [1.82, 2.24) is 5.32 Å².